The van der Waals surface area contributed by atoms with Crippen molar-refractivity contribution in [3.63, 3.8) is 0 Å². The van der Waals surface area contributed by atoms with Crippen LogP contribution in [0.2, 0.25) is 0 Å². The summed E-state index contributed by atoms with van der Waals surface area (Å²) in [4.78, 5) is 18.3. The maximum atomic E-state index is 12.1. The van der Waals surface area contributed by atoms with Crippen LogP contribution in [-0.4, -0.2) is 33.6 Å². The Bertz CT molecular complexity index is 1200. The first-order valence-corrected chi connectivity index (χ1v) is 10.5. The van der Waals surface area contributed by atoms with E-state index >= 15 is 0 Å². The minimum absolute atomic E-state index is 0.0516. The van der Waals surface area contributed by atoms with Gasteiger partial charge >= 0.3 is 5.97 Å². The SMILES string of the molecule is COC(=O)/C=C1\N=C(C2=CC=CC(C)(C)C=C2)c2c(sc(C)c2C)-n2c(C)nnc21. The molecule has 0 atom stereocenters. The van der Waals surface area contributed by atoms with Crippen LogP contribution < -0.4 is 0 Å². The summed E-state index contributed by atoms with van der Waals surface area (Å²) in [5, 5.41) is 9.59. The van der Waals surface area contributed by atoms with Crippen LogP contribution in [0.15, 0.2) is 47.0 Å². The van der Waals surface area contributed by atoms with Crippen LogP contribution in [0.4, 0.5) is 0 Å². The molecular formula is C23H24N4O2S. The molecule has 2 aliphatic rings. The van der Waals surface area contributed by atoms with Crippen LogP contribution in [0.5, 0.6) is 0 Å². The van der Waals surface area contributed by atoms with Gasteiger partial charge in [0.2, 0.25) is 0 Å². The second-order valence-corrected chi connectivity index (χ2v) is 9.22. The number of fused-ring (bicyclic) bond motifs is 3. The molecule has 0 unspecified atom stereocenters. The highest BCUT2D eigenvalue weighted by atomic mass is 32.1. The Morgan fingerprint density at radius 2 is 1.97 bits per heavy atom. The smallest absolute Gasteiger partial charge is 0.332 e. The monoisotopic (exact) mass is 420 g/mol. The molecule has 0 N–H and O–H groups in total. The zero-order valence-corrected chi connectivity index (χ0v) is 18.8. The maximum Gasteiger partial charge on any atom is 0.332 e. The fourth-order valence-electron chi connectivity index (χ4n) is 3.49. The number of hydrogen-bond donors (Lipinski definition) is 0. The molecule has 30 heavy (non-hydrogen) atoms. The van der Waals surface area contributed by atoms with Crippen LogP contribution in [0.3, 0.4) is 0 Å². The van der Waals surface area contributed by atoms with Crippen molar-refractivity contribution in [1.82, 2.24) is 14.8 Å². The van der Waals surface area contributed by atoms with Crippen molar-refractivity contribution in [3.05, 3.63) is 69.7 Å². The molecule has 7 heteroatoms. The van der Waals surface area contributed by atoms with Crippen LogP contribution >= 0.6 is 11.3 Å². The van der Waals surface area contributed by atoms with E-state index in [9.17, 15) is 4.79 Å². The average Bonchev–Trinajstić information content (AvgIpc) is 3.08. The molecule has 0 saturated carbocycles. The molecule has 154 valence electrons. The largest absolute Gasteiger partial charge is 0.466 e. The summed E-state index contributed by atoms with van der Waals surface area (Å²) < 4.78 is 6.84. The molecule has 1 aliphatic carbocycles. The van der Waals surface area contributed by atoms with E-state index in [4.69, 9.17) is 9.73 Å². The number of allylic oxidation sites excluding steroid dienone is 6. The molecular weight excluding hydrogens is 396 g/mol. The Morgan fingerprint density at radius 3 is 2.70 bits per heavy atom. The summed E-state index contributed by atoms with van der Waals surface area (Å²) in [5.74, 6) is 0.792. The molecule has 1 aliphatic heterocycles. The van der Waals surface area contributed by atoms with Gasteiger partial charge < -0.3 is 4.74 Å². The Labute approximate surface area is 180 Å². The van der Waals surface area contributed by atoms with E-state index in [-0.39, 0.29) is 5.41 Å². The van der Waals surface area contributed by atoms with Gasteiger partial charge in [-0.05, 0) is 26.3 Å². The molecule has 0 fully saturated rings. The Balaban J connectivity index is 2.04. The van der Waals surface area contributed by atoms with Crippen molar-refractivity contribution >= 4 is 28.7 Å². The van der Waals surface area contributed by atoms with Crippen molar-refractivity contribution in [2.45, 2.75) is 34.6 Å². The number of aromatic nitrogens is 3. The number of nitrogens with zero attached hydrogens (tertiary/aromatic N) is 4. The number of methoxy groups -OCH3 is 1. The van der Waals surface area contributed by atoms with E-state index < -0.39 is 5.97 Å². The van der Waals surface area contributed by atoms with Gasteiger partial charge in [-0.1, -0.05) is 44.2 Å². The maximum absolute atomic E-state index is 12.1. The fraction of sp³-hybridized carbons (Fsp3) is 0.304. The van der Waals surface area contributed by atoms with E-state index in [0.29, 0.717) is 11.5 Å². The van der Waals surface area contributed by atoms with Gasteiger partial charge in [-0.15, -0.1) is 21.5 Å². The lowest BCUT2D eigenvalue weighted by Crippen LogP contribution is -2.08. The molecule has 2 aromatic heterocycles. The minimum Gasteiger partial charge on any atom is -0.466 e. The molecule has 0 bridgehead atoms. The molecule has 2 aromatic rings. The predicted octanol–water partition coefficient (Wildman–Crippen LogP) is 4.65. The average molecular weight is 421 g/mol. The standard InChI is InChI=1S/C23H24N4O2S/c1-13-14(2)30-22-19(13)20(16-8-7-10-23(4,5)11-9-16)24-17(12-18(28)29-6)21-26-25-15(3)27(21)22/h7-12H,1-6H3/b17-12-. The first-order valence-electron chi connectivity index (χ1n) is 9.72. The van der Waals surface area contributed by atoms with E-state index in [1.54, 1.807) is 11.3 Å². The Morgan fingerprint density at radius 1 is 1.20 bits per heavy atom. The van der Waals surface area contributed by atoms with Gasteiger partial charge in [0, 0.05) is 21.4 Å². The van der Waals surface area contributed by atoms with Crippen molar-refractivity contribution in [2.75, 3.05) is 7.11 Å². The Hall–Kier alpha value is -3.06. The van der Waals surface area contributed by atoms with Crippen molar-refractivity contribution in [2.24, 2.45) is 10.4 Å². The highest BCUT2D eigenvalue weighted by molar-refractivity contribution is 7.15. The van der Waals surface area contributed by atoms with E-state index in [1.165, 1.54) is 18.1 Å². The lowest BCUT2D eigenvalue weighted by atomic mass is 9.92. The summed E-state index contributed by atoms with van der Waals surface area (Å²) in [5.41, 5.74) is 4.37. The molecule has 6 nitrogen and oxygen atoms in total. The van der Waals surface area contributed by atoms with Gasteiger partial charge in [0.1, 0.15) is 16.5 Å². The molecule has 4 rings (SSSR count). The molecule has 0 radical (unpaired) electrons. The van der Waals surface area contributed by atoms with E-state index in [1.807, 2.05) is 11.5 Å². The number of aryl methyl sites for hydroxylation is 2. The summed E-state index contributed by atoms with van der Waals surface area (Å²) in [6, 6.07) is 0. The number of thiophene rings is 1. The molecule has 0 saturated heterocycles. The number of carbonyl (C=O) groups excluding carboxylic acids is 1. The molecule has 0 amide bonds. The van der Waals surface area contributed by atoms with Crippen LogP contribution in [0.1, 0.15) is 41.5 Å². The van der Waals surface area contributed by atoms with Crippen LogP contribution in [0, 0.1) is 26.2 Å². The lowest BCUT2D eigenvalue weighted by molar-refractivity contribution is -0.134. The number of ether oxygens (including phenoxy) is 1. The number of aliphatic imine (C=N–C) groups is 1. The quantitative estimate of drug-likeness (QED) is 0.524. The van der Waals surface area contributed by atoms with Gasteiger partial charge in [0.15, 0.2) is 5.82 Å². The predicted molar refractivity (Wildman–Crippen MR) is 120 cm³/mol. The lowest BCUT2D eigenvalue weighted by Gasteiger charge is -2.13. The van der Waals surface area contributed by atoms with E-state index in [2.05, 4.69) is 68.3 Å². The van der Waals surface area contributed by atoms with Gasteiger partial charge in [-0.2, -0.15) is 0 Å². The molecule has 0 aromatic carbocycles. The van der Waals surface area contributed by atoms with Crippen molar-refractivity contribution in [1.29, 1.82) is 0 Å². The number of rotatable bonds is 2. The van der Waals surface area contributed by atoms with Crippen LogP contribution in [-0.2, 0) is 9.53 Å². The highest BCUT2D eigenvalue weighted by Crippen LogP contribution is 2.39. The summed E-state index contributed by atoms with van der Waals surface area (Å²) in [7, 11) is 1.35. The third kappa shape index (κ3) is 3.39. The number of hydrogen-bond acceptors (Lipinski definition) is 6. The van der Waals surface area contributed by atoms with E-state index in [0.717, 1.165) is 33.2 Å². The van der Waals surface area contributed by atoms with Crippen LogP contribution in [0.25, 0.3) is 10.7 Å². The molecule has 3 heterocycles. The number of carbonyl (C=O) groups is 1. The van der Waals surface area contributed by atoms with Gasteiger partial charge in [-0.25, -0.2) is 9.79 Å². The Kier molecular flexibility index (Phi) is 4.94. The summed E-state index contributed by atoms with van der Waals surface area (Å²) >= 11 is 1.68. The third-order valence-electron chi connectivity index (χ3n) is 5.32. The first kappa shape index (κ1) is 20.2. The normalized spacial score (nSPS) is 18.3. The fourth-order valence-corrected chi connectivity index (χ4v) is 4.70. The summed E-state index contributed by atoms with van der Waals surface area (Å²) in [6.07, 6.45) is 11.9. The summed E-state index contributed by atoms with van der Waals surface area (Å²) in [6.45, 7) is 10.4. The van der Waals surface area contributed by atoms with Gasteiger partial charge in [-0.3, -0.25) is 4.57 Å². The minimum atomic E-state index is -0.482. The number of esters is 1. The van der Waals surface area contributed by atoms with Gasteiger partial charge in [0.25, 0.3) is 0 Å². The topological polar surface area (TPSA) is 69.4 Å². The van der Waals surface area contributed by atoms with Crippen molar-refractivity contribution < 1.29 is 9.53 Å². The zero-order chi connectivity index (χ0) is 21.6. The van der Waals surface area contributed by atoms with Crippen molar-refractivity contribution in [3.8, 4) is 5.00 Å². The highest BCUT2D eigenvalue weighted by Gasteiger charge is 2.29. The second-order valence-electron chi connectivity index (χ2n) is 8.02. The zero-order valence-electron chi connectivity index (χ0n) is 18.0. The second kappa shape index (κ2) is 7.32. The first-order chi connectivity index (χ1) is 14.2. The van der Waals surface area contributed by atoms with Gasteiger partial charge in [0.05, 0.1) is 18.9 Å². The third-order valence-corrected chi connectivity index (χ3v) is 6.51. The molecule has 0 spiro atoms.